The fraction of sp³-hybridized carbons (Fsp3) is 0.333. The number of carbonyl (C=O) groups excluding carboxylic acids is 1. The molecule has 3 N–H and O–H groups in total. The number of amides is 1. The van der Waals surface area contributed by atoms with E-state index in [1.807, 2.05) is 22.5 Å². The maximum atomic E-state index is 13.0. The molecule has 0 unspecified atom stereocenters. The highest BCUT2D eigenvalue weighted by Crippen LogP contribution is 2.40. The summed E-state index contributed by atoms with van der Waals surface area (Å²) in [4.78, 5) is 25.9. The van der Waals surface area contributed by atoms with Crippen molar-refractivity contribution in [3.8, 4) is 11.3 Å². The average Bonchev–Trinajstić information content (AvgIpc) is 3.65. The molecule has 0 spiro atoms. The van der Waals surface area contributed by atoms with Gasteiger partial charge < -0.3 is 11.1 Å². The van der Waals surface area contributed by atoms with E-state index in [4.69, 9.17) is 10.7 Å². The number of imidazole rings is 1. The van der Waals surface area contributed by atoms with Crippen LogP contribution in [0.25, 0.3) is 16.8 Å². The number of nitrogens with one attached hydrogen (secondary N) is 1. The summed E-state index contributed by atoms with van der Waals surface area (Å²) in [6, 6.07) is 8.36. The second kappa shape index (κ2) is 10.2. The van der Waals surface area contributed by atoms with Crippen molar-refractivity contribution < 1.29 is 18.0 Å². The van der Waals surface area contributed by atoms with Crippen molar-refractivity contribution in [2.45, 2.75) is 43.0 Å². The zero-order valence-corrected chi connectivity index (χ0v) is 21.7. The third-order valence-electron chi connectivity index (χ3n) is 6.93. The molecule has 1 aliphatic heterocycles. The van der Waals surface area contributed by atoms with E-state index < -0.39 is 17.6 Å². The Hall–Kier alpha value is -3.64. The molecule has 2 aliphatic rings. The van der Waals surface area contributed by atoms with Gasteiger partial charge in [0.05, 0.1) is 5.56 Å². The molecule has 39 heavy (non-hydrogen) atoms. The third-order valence-corrected chi connectivity index (χ3v) is 8.33. The van der Waals surface area contributed by atoms with Crippen molar-refractivity contribution in [2.75, 3.05) is 24.1 Å². The smallest absolute Gasteiger partial charge is 0.382 e. The van der Waals surface area contributed by atoms with Gasteiger partial charge in [-0.3, -0.25) is 9.20 Å². The van der Waals surface area contributed by atoms with E-state index in [1.165, 1.54) is 12.8 Å². The summed E-state index contributed by atoms with van der Waals surface area (Å²) in [5, 5.41) is 3.18. The van der Waals surface area contributed by atoms with Gasteiger partial charge >= 0.3 is 6.18 Å². The lowest BCUT2D eigenvalue weighted by atomic mass is 9.99. The number of halogens is 3. The number of aromatic nitrogens is 4. The minimum Gasteiger partial charge on any atom is -0.382 e. The number of nitrogens with two attached hydrogens (primary N) is 1. The quantitative estimate of drug-likeness (QED) is 0.298. The van der Waals surface area contributed by atoms with E-state index in [-0.39, 0.29) is 17.3 Å². The number of benzene rings is 1. The van der Waals surface area contributed by atoms with Crippen LogP contribution in [0.4, 0.5) is 24.8 Å². The van der Waals surface area contributed by atoms with Crippen molar-refractivity contribution in [2.24, 2.45) is 0 Å². The molecule has 8 nitrogen and oxygen atoms in total. The summed E-state index contributed by atoms with van der Waals surface area (Å²) in [5.41, 5.74) is 7.84. The SMILES string of the molecule is Nc1nccn2c([C@@H]3CCCN(SC4CC4)C3)nc(-c3ccc(C(=O)Nc4cc(C(F)(F)F)ccn4)cc3)c12. The first-order valence-corrected chi connectivity index (χ1v) is 13.6. The van der Waals surface area contributed by atoms with Gasteiger partial charge in [0.25, 0.3) is 5.91 Å². The second-order valence-corrected chi connectivity index (χ2v) is 11.2. The molecule has 6 rings (SSSR count). The Morgan fingerprint density at radius 2 is 1.87 bits per heavy atom. The zero-order valence-electron chi connectivity index (χ0n) is 20.9. The van der Waals surface area contributed by atoms with Crippen molar-refractivity contribution in [1.29, 1.82) is 0 Å². The van der Waals surface area contributed by atoms with Gasteiger partial charge in [-0.25, -0.2) is 19.3 Å². The normalized spacial score (nSPS) is 18.4. The Morgan fingerprint density at radius 1 is 1.08 bits per heavy atom. The Kier molecular flexibility index (Phi) is 6.67. The van der Waals surface area contributed by atoms with Crippen LogP contribution in [-0.2, 0) is 6.18 Å². The molecule has 1 saturated heterocycles. The third kappa shape index (κ3) is 5.44. The molecule has 12 heteroatoms. The van der Waals surface area contributed by atoms with E-state index in [9.17, 15) is 18.0 Å². The number of nitrogen functional groups attached to an aromatic ring is 1. The van der Waals surface area contributed by atoms with Crippen LogP contribution >= 0.6 is 11.9 Å². The summed E-state index contributed by atoms with van der Waals surface area (Å²) >= 11 is 1.96. The van der Waals surface area contributed by atoms with Crippen LogP contribution in [0.5, 0.6) is 0 Å². The monoisotopic (exact) mass is 553 g/mol. The molecule has 1 saturated carbocycles. The Labute approximate surface area is 227 Å². The maximum Gasteiger partial charge on any atom is 0.416 e. The number of anilines is 2. The van der Waals surface area contributed by atoms with Crippen molar-refractivity contribution >= 4 is 35.0 Å². The maximum absolute atomic E-state index is 13.0. The molecule has 1 aliphatic carbocycles. The lowest BCUT2D eigenvalue weighted by Gasteiger charge is -2.31. The molecule has 4 heterocycles. The number of hydrogen-bond acceptors (Lipinski definition) is 7. The van der Waals surface area contributed by atoms with Crippen LogP contribution in [0, 0.1) is 0 Å². The van der Waals surface area contributed by atoms with Crippen molar-refractivity contribution in [3.63, 3.8) is 0 Å². The molecule has 0 radical (unpaired) electrons. The first kappa shape index (κ1) is 25.6. The average molecular weight is 554 g/mol. The lowest BCUT2D eigenvalue weighted by molar-refractivity contribution is -0.137. The summed E-state index contributed by atoms with van der Waals surface area (Å²) in [6.45, 7) is 2.00. The number of fused-ring (bicyclic) bond motifs is 1. The van der Waals surface area contributed by atoms with Gasteiger partial charge in [-0.1, -0.05) is 24.1 Å². The van der Waals surface area contributed by atoms with Gasteiger partial charge in [0, 0.05) is 54.0 Å². The molecular weight excluding hydrogens is 527 g/mol. The molecule has 3 aromatic heterocycles. The predicted molar refractivity (Wildman–Crippen MR) is 144 cm³/mol. The van der Waals surface area contributed by atoms with Gasteiger partial charge in [0.15, 0.2) is 0 Å². The molecule has 1 amide bonds. The van der Waals surface area contributed by atoms with Crippen LogP contribution in [0.15, 0.2) is 55.0 Å². The first-order valence-electron chi connectivity index (χ1n) is 12.8. The Morgan fingerprint density at radius 3 is 2.62 bits per heavy atom. The standard InChI is InChI=1S/C27H26F3N7OS/c28-27(29,30)19-9-10-32-21(14-19)34-26(38)17-5-3-16(4-6-17)22-23-24(31)33-11-13-37(23)25(35-22)18-2-1-12-36(15-18)39-20-7-8-20/h3-6,9-11,13-14,18,20H,1-2,7-8,12,15H2,(H2,31,33)(H,32,34,38)/t18-/m1/s1. The highest BCUT2D eigenvalue weighted by molar-refractivity contribution is 7.97. The number of pyridine rings is 1. The summed E-state index contributed by atoms with van der Waals surface area (Å²) < 4.78 is 43.5. The van der Waals surface area contributed by atoms with Crippen LogP contribution in [-0.4, -0.2) is 47.9 Å². The van der Waals surface area contributed by atoms with Gasteiger partial charge in [-0.05, 0) is 49.9 Å². The number of alkyl halides is 3. The fourth-order valence-electron chi connectivity index (χ4n) is 4.85. The fourth-order valence-corrected chi connectivity index (χ4v) is 6.12. The Bertz CT molecular complexity index is 1520. The lowest BCUT2D eigenvalue weighted by Crippen LogP contribution is -2.30. The minimum absolute atomic E-state index is 0.177. The van der Waals surface area contributed by atoms with Gasteiger partial charge in [-0.2, -0.15) is 13.2 Å². The van der Waals surface area contributed by atoms with Crippen LogP contribution < -0.4 is 11.1 Å². The second-order valence-electron chi connectivity index (χ2n) is 9.84. The minimum atomic E-state index is -4.53. The largest absolute Gasteiger partial charge is 0.416 e. The van der Waals surface area contributed by atoms with E-state index in [1.54, 1.807) is 30.5 Å². The van der Waals surface area contributed by atoms with Crippen LogP contribution in [0.3, 0.4) is 0 Å². The summed E-state index contributed by atoms with van der Waals surface area (Å²) in [7, 11) is 0. The van der Waals surface area contributed by atoms with E-state index in [0.29, 0.717) is 17.0 Å². The topological polar surface area (TPSA) is 101 Å². The molecule has 2 fully saturated rings. The molecular formula is C27H26F3N7OS. The van der Waals surface area contributed by atoms with Crippen LogP contribution in [0.1, 0.15) is 53.3 Å². The zero-order chi connectivity index (χ0) is 27.1. The van der Waals surface area contributed by atoms with E-state index in [0.717, 1.165) is 60.9 Å². The summed E-state index contributed by atoms with van der Waals surface area (Å²) in [6.07, 6.45) is 4.74. The summed E-state index contributed by atoms with van der Waals surface area (Å²) in [5.74, 6) is 0.804. The number of piperidine rings is 1. The Balaban J connectivity index is 1.26. The van der Waals surface area contributed by atoms with E-state index in [2.05, 4.69) is 19.6 Å². The number of rotatable bonds is 6. The van der Waals surface area contributed by atoms with Gasteiger partial charge in [-0.15, -0.1) is 0 Å². The first-order chi connectivity index (χ1) is 18.8. The molecule has 202 valence electrons. The highest BCUT2D eigenvalue weighted by Gasteiger charge is 2.32. The van der Waals surface area contributed by atoms with E-state index >= 15 is 0 Å². The van der Waals surface area contributed by atoms with Crippen molar-refractivity contribution in [3.05, 3.63) is 71.9 Å². The molecule has 4 aromatic rings. The molecule has 1 aromatic carbocycles. The molecule has 0 bridgehead atoms. The highest BCUT2D eigenvalue weighted by atomic mass is 32.2. The molecule has 1 atom stereocenters. The van der Waals surface area contributed by atoms with Crippen molar-refractivity contribution in [1.82, 2.24) is 23.7 Å². The predicted octanol–water partition coefficient (Wildman–Crippen LogP) is 5.63. The number of nitrogens with zero attached hydrogens (tertiary/aromatic N) is 5. The number of hydrogen-bond donors (Lipinski definition) is 2. The number of carbonyl (C=O) groups is 1. The van der Waals surface area contributed by atoms with Gasteiger partial charge in [0.1, 0.15) is 28.7 Å². The van der Waals surface area contributed by atoms with Gasteiger partial charge in [0.2, 0.25) is 0 Å². The van der Waals surface area contributed by atoms with Crippen LogP contribution in [0.2, 0.25) is 0 Å².